The Bertz CT molecular complexity index is 798. The number of amides is 1. The van der Waals surface area contributed by atoms with Crippen molar-refractivity contribution in [2.75, 3.05) is 13.2 Å². The summed E-state index contributed by atoms with van der Waals surface area (Å²) in [6.45, 7) is 0.768. The van der Waals surface area contributed by atoms with E-state index >= 15 is 0 Å². The van der Waals surface area contributed by atoms with Gasteiger partial charge in [0, 0.05) is 12.3 Å². The van der Waals surface area contributed by atoms with Gasteiger partial charge in [-0.05, 0) is 24.5 Å². The molecule has 24 heavy (non-hydrogen) atoms. The molecule has 0 radical (unpaired) electrons. The number of hydrogen-bond acceptors (Lipinski definition) is 4. The van der Waals surface area contributed by atoms with E-state index in [1.54, 1.807) is 12.3 Å². The molecule has 124 valence electrons. The highest BCUT2D eigenvalue weighted by atomic mass is 16.5. The quantitative estimate of drug-likeness (QED) is 0.911. The van der Waals surface area contributed by atoms with Crippen LogP contribution in [0.3, 0.4) is 0 Å². The summed E-state index contributed by atoms with van der Waals surface area (Å²) in [5, 5.41) is 7.22. The van der Waals surface area contributed by atoms with Crippen molar-refractivity contribution in [3.8, 4) is 0 Å². The van der Waals surface area contributed by atoms with E-state index in [1.807, 2.05) is 30.3 Å². The third-order valence-corrected chi connectivity index (χ3v) is 4.93. The molecule has 1 N–H and O–H groups in total. The minimum absolute atomic E-state index is 0.0122. The topological polar surface area (TPSA) is 73.2 Å². The maximum atomic E-state index is 12.9. The van der Waals surface area contributed by atoms with E-state index in [4.69, 9.17) is 4.74 Å². The van der Waals surface area contributed by atoms with Crippen LogP contribution in [0.15, 0.2) is 53.5 Å². The summed E-state index contributed by atoms with van der Waals surface area (Å²) < 4.78 is 6.91. The van der Waals surface area contributed by atoms with E-state index in [-0.39, 0.29) is 23.6 Å². The van der Waals surface area contributed by atoms with E-state index in [0.29, 0.717) is 13.2 Å². The van der Waals surface area contributed by atoms with Gasteiger partial charge in [-0.2, -0.15) is 5.10 Å². The van der Waals surface area contributed by atoms with Gasteiger partial charge in [0.2, 0.25) is 5.91 Å². The Labute approximate surface area is 139 Å². The van der Waals surface area contributed by atoms with Gasteiger partial charge in [-0.3, -0.25) is 9.59 Å². The SMILES string of the molecule is O=C(NC1COCC1n1ncccc1=O)C1(c2ccccc2)CC1. The van der Waals surface area contributed by atoms with Crippen LogP contribution in [0.25, 0.3) is 0 Å². The molecule has 1 saturated carbocycles. The zero-order valence-electron chi connectivity index (χ0n) is 13.2. The van der Waals surface area contributed by atoms with Gasteiger partial charge in [-0.25, -0.2) is 4.68 Å². The fraction of sp³-hybridized carbons (Fsp3) is 0.389. The first-order valence-electron chi connectivity index (χ1n) is 8.19. The van der Waals surface area contributed by atoms with Gasteiger partial charge in [0.15, 0.2) is 0 Å². The predicted molar refractivity (Wildman–Crippen MR) is 87.6 cm³/mol. The van der Waals surface area contributed by atoms with Crippen LogP contribution in [0.1, 0.15) is 24.4 Å². The molecule has 2 heterocycles. The number of ether oxygens (including phenoxy) is 1. The lowest BCUT2D eigenvalue weighted by Gasteiger charge is -2.23. The summed E-state index contributed by atoms with van der Waals surface area (Å²) in [5.74, 6) is 0.0122. The number of aromatic nitrogens is 2. The van der Waals surface area contributed by atoms with Crippen molar-refractivity contribution in [2.24, 2.45) is 0 Å². The van der Waals surface area contributed by atoms with Gasteiger partial charge in [-0.15, -0.1) is 0 Å². The third kappa shape index (κ3) is 2.53. The summed E-state index contributed by atoms with van der Waals surface area (Å²) in [4.78, 5) is 24.9. The van der Waals surface area contributed by atoms with E-state index in [9.17, 15) is 9.59 Å². The fourth-order valence-electron chi connectivity index (χ4n) is 3.38. The lowest BCUT2D eigenvalue weighted by molar-refractivity contribution is -0.124. The highest BCUT2D eigenvalue weighted by molar-refractivity contribution is 5.91. The maximum absolute atomic E-state index is 12.9. The van der Waals surface area contributed by atoms with Crippen LogP contribution < -0.4 is 10.9 Å². The second kappa shape index (κ2) is 5.87. The normalized spacial score (nSPS) is 24.5. The summed E-state index contributed by atoms with van der Waals surface area (Å²) >= 11 is 0. The van der Waals surface area contributed by atoms with E-state index in [0.717, 1.165) is 18.4 Å². The molecule has 6 heteroatoms. The number of benzene rings is 1. The lowest BCUT2D eigenvalue weighted by atomic mass is 9.94. The molecular formula is C18H19N3O3. The highest BCUT2D eigenvalue weighted by Crippen LogP contribution is 2.48. The van der Waals surface area contributed by atoms with Gasteiger partial charge in [0.05, 0.1) is 24.7 Å². The molecule has 1 aromatic heterocycles. The Morgan fingerprint density at radius 3 is 2.67 bits per heavy atom. The second-order valence-corrected chi connectivity index (χ2v) is 6.44. The zero-order valence-corrected chi connectivity index (χ0v) is 13.2. The van der Waals surface area contributed by atoms with Crippen LogP contribution in [-0.4, -0.2) is 34.9 Å². The van der Waals surface area contributed by atoms with Crippen LogP contribution >= 0.6 is 0 Å². The largest absolute Gasteiger partial charge is 0.377 e. The summed E-state index contributed by atoms with van der Waals surface area (Å²) in [5.41, 5.74) is 0.438. The summed E-state index contributed by atoms with van der Waals surface area (Å²) in [7, 11) is 0. The molecule has 2 aromatic rings. The highest BCUT2D eigenvalue weighted by Gasteiger charge is 2.52. The number of nitrogens with one attached hydrogen (secondary N) is 1. The first-order chi connectivity index (χ1) is 11.7. The van der Waals surface area contributed by atoms with E-state index in [2.05, 4.69) is 10.4 Å². The number of carbonyl (C=O) groups is 1. The lowest BCUT2D eigenvalue weighted by Crippen LogP contribution is -2.47. The molecule has 6 nitrogen and oxygen atoms in total. The molecule has 2 fully saturated rings. The fourth-order valence-corrected chi connectivity index (χ4v) is 3.38. The predicted octanol–water partition coefficient (Wildman–Crippen LogP) is 1.03. The first-order valence-corrected chi connectivity index (χ1v) is 8.19. The average Bonchev–Trinajstić information content (AvgIpc) is 3.31. The molecule has 2 atom stereocenters. The Hall–Kier alpha value is -2.47. The van der Waals surface area contributed by atoms with Crippen LogP contribution in [0.2, 0.25) is 0 Å². The smallest absolute Gasteiger partial charge is 0.267 e. The number of carbonyl (C=O) groups excluding carboxylic acids is 1. The molecule has 1 saturated heterocycles. The monoisotopic (exact) mass is 325 g/mol. The van der Waals surface area contributed by atoms with E-state index in [1.165, 1.54) is 10.7 Å². The standard InChI is InChI=1S/C18H19N3O3/c22-16-7-4-10-19-21(16)15-12-24-11-14(15)20-17(23)18(8-9-18)13-5-2-1-3-6-13/h1-7,10,14-15H,8-9,11-12H2,(H,20,23). The zero-order chi connectivity index (χ0) is 16.6. The van der Waals surface area contributed by atoms with Crippen molar-refractivity contribution in [3.05, 3.63) is 64.6 Å². The molecule has 1 aromatic carbocycles. The molecule has 1 aliphatic heterocycles. The maximum Gasteiger partial charge on any atom is 0.267 e. The molecule has 1 amide bonds. The second-order valence-electron chi connectivity index (χ2n) is 6.44. The molecule has 0 bridgehead atoms. The molecule has 2 unspecified atom stereocenters. The Balaban J connectivity index is 1.54. The van der Waals surface area contributed by atoms with Crippen LogP contribution in [0.5, 0.6) is 0 Å². The molecule has 2 aliphatic rings. The first kappa shape index (κ1) is 15.1. The van der Waals surface area contributed by atoms with Crippen molar-refractivity contribution in [3.63, 3.8) is 0 Å². The van der Waals surface area contributed by atoms with E-state index < -0.39 is 5.41 Å². The summed E-state index contributed by atoms with van der Waals surface area (Å²) in [6, 6.07) is 12.4. The van der Waals surface area contributed by atoms with Gasteiger partial charge in [-0.1, -0.05) is 30.3 Å². The minimum atomic E-state index is -0.427. The number of rotatable bonds is 4. The van der Waals surface area contributed by atoms with Gasteiger partial charge >= 0.3 is 0 Å². The Kier molecular flexibility index (Phi) is 3.69. The van der Waals surface area contributed by atoms with Crippen LogP contribution in [-0.2, 0) is 14.9 Å². The molecule has 0 spiro atoms. The van der Waals surface area contributed by atoms with Crippen molar-refractivity contribution in [2.45, 2.75) is 30.3 Å². The summed E-state index contributed by atoms with van der Waals surface area (Å²) in [6.07, 6.45) is 3.28. The number of nitrogens with zero attached hydrogens (tertiary/aromatic N) is 2. The minimum Gasteiger partial charge on any atom is -0.377 e. The van der Waals surface area contributed by atoms with Crippen molar-refractivity contribution in [1.29, 1.82) is 0 Å². The van der Waals surface area contributed by atoms with Gasteiger partial charge < -0.3 is 10.1 Å². The molecule has 4 rings (SSSR count). The Morgan fingerprint density at radius 1 is 1.17 bits per heavy atom. The van der Waals surface area contributed by atoms with Crippen LogP contribution in [0.4, 0.5) is 0 Å². The Morgan fingerprint density at radius 2 is 1.96 bits per heavy atom. The van der Waals surface area contributed by atoms with Crippen molar-refractivity contribution in [1.82, 2.24) is 15.1 Å². The molecular weight excluding hydrogens is 306 g/mol. The van der Waals surface area contributed by atoms with Gasteiger partial charge in [0.25, 0.3) is 5.56 Å². The molecule has 1 aliphatic carbocycles. The van der Waals surface area contributed by atoms with Crippen molar-refractivity contribution < 1.29 is 9.53 Å². The van der Waals surface area contributed by atoms with Crippen molar-refractivity contribution >= 4 is 5.91 Å². The van der Waals surface area contributed by atoms with Crippen LogP contribution in [0, 0.1) is 0 Å². The average molecular weight is 325 g/mol. The van der Waals surface area contributed by atoms with Gasteiger partial charge in [0.1, 0.15) is 6.04 Å². The third-order valence-electron chi connectivity index (χ3n) is 4.93. The number of hydrogen-bond donors (Lipinski definition) is 1.